The fourth-order valence-corrected chi connectivity index (χ4v) is 3.27. The number of carbonyl (C=O) groups excluding carboxylic acids is 1. The van der Waals surface area contributed by atoms with Gasteiger partial charge in [0, 0.05) is 17.0 Å². The molecule has 0 fully saturated rings. The van der Waals surface area contributed by atoms with Crippen LogP contribution in [-0.2, 0) is 11.3 Å². The second kappa shape index (κ2) is 6.06. The number of carbonyl (C=O) groups is 1. The number of esters is 1. The van der Waals surface area contributed by atoms with Crippen LogP contribution in [-0.4, -0.2) is 22.6 Å². The summed E-state index contributed by atoms with van der Waals surface area (Å²) in [5, 5.41) is 2.15. The number of aromatic nitrogens is 2. The third-order valence-electron chi connectivity index (χ3n) is 4.40. The van der Waals surface area contributed by atoms with Crippen molar-refractivity contribution >= 4 is 27.8 Å². The average molecular weight is 330 g/mol. The van der Waals surface area contributed by atoms with Gasteiger partial charge in [0.15, 0.2) is 0 Å². The Bertz CT molecular complexity index is 1100. The van der Waals surface area contributed by atoms with Crippen molar-refractivity contribution in [3.63, 3.8) is 0 Å². The van der Waals surface area contributed by atoms with Gasteiger partial charge in [0.2, 0.25) is 0 Å². The van der Waals surface area contributed by atoms with Crippen LogP contribution in [0.4, 0.5) is 0 Å². The average Bonchev–Trinajstić information content (AvgIpc) is 3.02. The molecule has 2 heterocycles. The minimum Gasteiger partial charge on any atom is -0.465 e. The second-order valence-electron chi connectivity index (χ2n) is 6.18. The first-order valence-electron chi connectivity index (χ1n) is 8.18. The molecule has 124 valence electrons. The highest BCUT2D eigenvalue weighted by Gasteiger charge is 2.15. The van der Waals surface area contributed by atoms with Crippen LogP contribution in [0.25, 0.3) is 21.8 Å². The van der Waals surface area contributed by atoms with E-state index in [-0.39, 0.29) is 5.97 Å². The standard InChI is InChI=1S/C21H18N2O2/c1-14-11-16-9-10-23(20(16)18(12-14)21(24)25-2)13-17-8-7-15-5-3-4-6-19(15)22-17/h3-12H,13H2,1-2H3. The van der Waals surface area contributed by atoms with Crippen molar-refractivity contribution in [2.75, 3.05) is 7.11 Å². The molecule has 25 heavy (non-hydrogen) atoms. The fourth-order valence-electron chi connectivity index (χ4n) is 3.27. The van der Waals surface area contributed by atoms with Gasteiger partial charge in [-0.1, -0.05) is 24.3 Å². The lowest BCUT2D eigenvalue weighted by molar-refractivity contribution is 0.0602. The maximum absolute atomic E-state index is 12.2. The Hall–Kier alpha value is -3.14. The van der Waals surface area contributed by atoms with Crippen LogP contribution in [0.1, 0.15) is 21.6 Å². The van der Waals surface area contributed by atoms with Gasteiger partial charge in [0.25, 0.3) is 0 Å². The number of ether oxygens (including phenoxy) is 1. The number of hydrogen-bond donors (Lipinski definition) is 0. The lowest BCUT2D eigenvalue weighted by Gasteiger charge is -2.10. The summed E-state index contributed by atoms with van der Waals surface area (Å²) in [4.78, 5) is 16.9. The van der Waals surface area contributed by atoms with Crippen LogP contribution < -0.4 is 0 Å². The molecule has 0 amide bonds. The Morgan fingerprint density at radius 3 is 2.76 bits per heavy atom. The third-order valence-corrected chi connectivity index (χ3v) is 4.40. The predicted octanol–water partition coefficient (Wildman–Crippen LogP) is 4.33. The fraction of sp³-hybridized carbons (Fsp3) is 0.143. The van der Waals surface area contributed by atoms with Crippen LogP contribution in [0.15, 0.2) is 60.8 Å². The van der Waals surface area contributed by atoms with E-state index < -0.39 is 0 Å². The van der Waals surface area contributed by atoms with Crippen molar-refractivity contribution in [2.45, 2.75) is 13.5 Å². The van der Waals surface area contributed by atoms with Gasteiger partial charge in [0.05, 0.1) is 35.9 Å². The summed E-state index contributed by atoms with van der Waals surface area (Å²) < 4.78 is 7.02. The van der Waals surface area contributed by atoms with Gasteiger partial charge in [-0.3, -0.25) is 4.98 Å². The molecular formula is C21H18N2O2. The topological polar surface area (TPSA) is 44.1 Å². The molecule has 0 bridgehead atoms. The molecule has 2 aromatic carbocycles. The van der Waals surface area contributed by atoms with Crippen molar-refractivity contribution < 1.29 is 9.53 Å². The highest BCUT2D eigenvalue weighted by molar-refractivity contribution is 6.03. The Labute approximate surface area is 145 Å². The largest absolute Gasteiger partial charge is 0.465 e. The van der Waals surface area contributed by atoms with Crippen LogP contribution in [0.2, 0.25) is 0 Å². The Kier molecular flexibility index (Phi) is 3.73. The van der Waals surface area contributed by atoms with Crippen LogP contribution >= 0.6 is 0 Å². The zero-order valence-electron chi connectivity index (χ0n) is 14.2. The van der Waals surface area contributed by atoms with Crippen molar-refractivity contribution in [3.05, 3.63) is 77.6 Å². The number of hydrogen-bond acceptors (Lipinski definition) is 3. The van der Waals surface area contributed by atoms with Gasteiger partial charge in [-0.05, 0) is 42.8 Å². The van der Waals surface area contributed by atoms with E-state index in [2.05, 4.69) is 22.8 Å². The number of methoxy groups -OCH3 is 1. The number of nitrogens with zero attached hydrogens (tertiary/aromatic N) is 2. The van der Waals surface area contributed by atoms with Gasteiger partial charge in [-0.15, -0.1) is 0 Å². The van der Waals surface area contributed by atoms with E-state index in [9.17, 15) is 4.79 Å². The Balaban J connectivity index is 1.82. The van der Waals surface area contributed by atoms with Crippen molar-refractivity contribution in [1.82, 2.24) is 9.55 Å². The molecule has 0 N–H and O–H groups in total. The van der Waals surface area contributed by atoms with Crippen LogP contribution in [0.5, 0.6) is 0 Å². The summed E-state index contributed by atoms with van der Waals surface area (Å²) >= 11 is 0. The number of fused-ring (bicyclic) bond motifs is 2. The molecule has 2 aromatic heterocycles. The van der Waals surface area contributed by atoms with E-state index in [1.165, 1.54) is 7.11 Å². The van der Waals surface area contributed by atoms with Gasteiger partial charge in [-0.2, -0.15) is 0 Å². The van der Waals surface area contributed by atoms with E-state index in [1.54, 1.807) is 0 Å². The van der Waals surface area contributed by atoms with E-state index in [0.29, 0.717) is 12.1 Å². The van der Waals surface area contributed by atoms with E-state index in [0.717, 1.165) is 33.1 Å². The van der Waals surface area contributed by atoms with Gasteiger partial charge >= 0.3 is 5.97 Å². The van der Waals surface area contributed by atoms with Gasteiger partial charge in [-0.25, -0.2) is 4.79 Å². The quantitative estimate of drug-likeness (QED) is 0.525. The Morgan fingerprint density at radius 1 is 1.08 bits per heavy atom. The minimum atomic E-state index is -0.319. The summed E-state index contributed by atoms with van der Waals surface area (Å²) in [7, 11) is 1.41. The predicted molar refractivity (Wildman–Crippen MR) is 98.9 cm³/mol. The lowest BCUT2D eigenvalue weighted by Crippen LogP contribution is -2.07. The number of benzene rings is 2. The second-order valence-corrected chi connectivity index (χ2v) is 6.18. The smallest absolute Gasteiger partial charge is 0.340 e. The zero-order chi connectivity index (χ0) is 17.4. The van der Waals surface area contributed by atoms with Crippen LogP contribution in [0, 0.1) is 6.92 Å². The maximum atomic E-state index is 12.2. The first-order chi connectivity index (χ1) is 12.2. The summed E-state index contributed by atoms with van der Waals surface area (Å²) in [5.41, 5.74) is 4.43. The Morgan fingerprint density at radius 2 is 1.92 bits per heavy atom. The highest BCUT2D eigenvalue weighted by Crippen LogP contribution is 2.24. The normalized spacial score (nSPS) is 11.1. The summed E-state index contributed by atoms with van der Waals surface area (Å²) in [6.07, 6.45) is 1.99. The maximum Gasteiger partial charge on any atom is 0.340 e. The van der Waals surface area contributed by atoms with Crippen molar-refractivity contribution in [2.24, 2.45) is 0 Å². The molecule has 0 radical (unpaired) electrons. The molecule has 0 aliphatic rings. The number of para-hydroxylation sites is 1. The molecule has 0 unspecified atom stereocenters. The number of aryl methyl sites for hydroxylation is 1. The van der Waals surface area contributed by atoms with Crippen molar-refractivity contribution in [1.29, 1.82) is 0 Å². The summed E-state index contributed by atoms with van der Waals surface area (Å²) in [5.74, 6) is -0.319. The lowest BCUT2D eigenvalue weighted by atomic mass is 10.1. The van der Waals surface area contributed by atoms with Gasteiger partial charge < -0.3 is 9.30 Å². The molecule has 0 saturated heterocycles. The molecule has 0 aliphatic heterocycles. The number of pyridine rings is 1. The first kappa shape index (κ1) is 15.4. The van der Waals surface area contributed by atoms with Gasteiger partial charge in [0.1, 0.15) is 0 Å². The molecule has 0 saturated carbocycles. The minimum absolute atomic E-state index is 0.319. The molecule has 4 rings (SSSR count). The highest BCUT2D eigenvalue weighted by atomic mass is 16.5. The molecule has 4 aromatic rings. The van der Waals surface area contributed by atoms with E-state index >= 15 is 0 Å². The summed E-state index contributed by atoms with van der Waals surface area (Å²) in [6.45, 7) is 2.58. The molecular weight excluding hydrogens is 312 g/mol. The molecule has 4 nitrogen and oxygen atoms in total. The molecule has 4 heteroatoms. The molecule has 0 atom stereocenters. The van der Waals surface area contributed by atoms with Crippen LogP contribution in [0.3, 0.4) is 0 Å². The molecule has 0 aliphatic carbocycles. The van der Waals surface area contributed by atoms with Crippen molar-refractivity contribution in [3.8, 4) is 0 Å². The van der Waals surface area contributed by atoms with E-state index in [1.807, 2.05) is 49.5 Å². The van der Waals surface area contributed by atoms with E-state index in [4.69, 9.17) is 9.72 Å². The third kappa shape index (κ3) is 2.76. The SMILES string of the molecule is COC(=O)c1cc(C)cc2ccn(Cc3ccc4ccccc4n3)c12. The zero-order valence-corrected chi connectivity index (χ0v) is 14.2. The molecule has 0 spiro atoms. The monoisotopic (exact) mass is 330 g/mol. The first-order valence-corrected chi connectivity index (χ1v) is 8.18. The summed E-state index contributed by atoms with van der Waals surface area (Å²) in [6, 6.07) is 18.1. The number of rotatable bonds is 3.